The smallest absolute Gasteiger partial charge is 0.0596 e. The van der Waals surface area contributed by atoms with E-state index >= 15 is 0 Å². The molecule has 0 bridgehead atoms. The van der Waals surface area contributed by atoms with E-state index in [2.05, 4.69) is 55.8 Å². The molecular weight excluding hydrogens is 210 g/mol. The highest BCUT2D eigenvalue weighted by atomic mass is 15.3. The van der Waals surface area contributed by atoms with E-state index in [4.69, 9.17) is 0 Å². The molecule has 3 nitrogen and oxygen atoms in total. The Balaban J connectivity index is 2.77. The van der Waals surface area contributed by atoms with E-state index < -0.39 is 0 Å². The summed E-state index contributed by atoms with van der Waals surface area (Å²) in [5, 5.41) is 8.12. The molecule has 0 radical (unpaired) electrons. The normalized spacial score (nSPS) is 14.9. The van der Waals surface area contributed by atoms with E-state index in [0.717, 1.165) is 25.2 Å². The van der Waals surface area contributed by atoms with Gasteiger partial charge in [0.25, 0.3) is 0 Å². The minimum Gasteiger partial charge on any atom is -0.314 e. The maximum atomic E-state index is 4.52. The zero-order chi connectivity index (χ0) is 12.8. The molecule has 0 amide bonds. The second kappa shape index (κ2) is 6.80. The Bertz CT molecular complexity index is 330. The molecule has 3 heteroatoms. The molecule has 2 unspecified atom stereocenters. The van der Waals surface area contributed by atoms with Crippen LogP contribution in [0.25, 0.3) is 0 Å². The van der Waals surface area contributed by atoms with Crippen LogP contribution in [-0.2, 0) is 13.0 Å². The second-order valence-electron chi connectivity index (χ2n) is 4.85. The van der Waals surface area contributed by atoms with Crippen LogP contribution in [0.3, 0.4) is 0 Å². The van der Waals surface area contributed by atoms with Gasteiger partial charge < -0.3 is 5.32 Å². The van der Waals surface area contributed by atoms with E-state index in [1.807, 2.05) is 0 Å². The Kier molecular flexibility index (Phi) is 5.69. The number of nitrogens with zero attached hydrogens (tertiary/aromatic N) is 2. The number of hydrogen-bond acceptors (Lipinski definition) is 2. The molecule has 0 aliphatic heterocycles. The summed E-state index contributed by atoms with van der Waals surface area (Å²) < 4.78 is 2.13. The monoisotopic (exact) mass is 237 g/mol. The van der Waals surface area contributed by atoms with Crippen molar-refractivity contribution in [1.82, 2.24) is 15.1 Å². The van der Waals surface area contributed by atoms with Gasteiger partial charge >= 0.3 is 0 Å². The highest BCUT2D eigenvalue weighted by Gasteiger charge is 2.17. The minimum absolute atomic E-state index is 0.561. The second-order valence-corrected chi connectivity index (χ2v) is 4.85. The summed E-state index contributed by atoms with van der Waals surface area (Å²) in [4.78, 5) is 0. The summed E-state index contributed by atoms with van der Waals surface area (Å²) >= 11 is 0. The Morgan fingerprint density at radius 3 is 2.59 bits per heavy atom. The van der Waals surface area contributed by atoms with Gasteiger partial charge in [-0.15, -0.1) is 0 Å². The fraction of sp³-hybridized carbons (Fsp3) is 0.786. The molecule has 0 fully saturated rings. The van der Waals surface area contributed by atoms with Crippen LogP contribution in [0, 0.1) is 12.8 Å². The van der Waals surface area contributed by atoms with Gasteiger partial charge in [0.1, 0.15) is 0 Å². The van der Waals surface area contributed by atoms with Crippen LogP contribution in [0.5, 0.6) is 0 Å². The van der Waals surface area contributed by atoms with Crippen LogP contribution in [0.1, 0.15) is 45.5 Å². The number of aromatic nitrogens is 2. The maximum Gasteiger partial charge on any atom is 0.0596 e. The maximum absolute atomic E-state index is 4.52. The Morgan fingerprint density at radius 2 is 2.06 bits per heavy atom. The van der Waals surface area contributed by atoms with E-state index in [9.17, 15) is 0 Å². The van der Waals surface area contributed by atoms with Crippen LogP contribution in [0.2, 0.25) is 0 Å². The van der Waals surface area contributed by atoms with Crippen LogP contribution in [0.15, 0.2) is 6.07 Å². The number of rotatable bonds is 7. The first-order valence-corrected chi connectivity index (χ1v) is 6.89. The van der Waals surface area contributed by atoms with Crippen molar-refractivity contribution < 1.29 is 0 Å². The quantitative estimate of drug-likeness (QED) is 0.790. The van der Waals surface area contributed by atoms with Crippen molar-refractivity contribution in [2.75, 3.05) is 6.54 Å². The number of aryl methyl sites for hydroxylation is 2. The van der Waals surface area contributed by atoms with Crippen LogP contribution in [-0.4, -0.2) is 22.4 Å². The van der Waals surface area contributed by atoms with Gasteiger partial charge in [-0.25, -0.2) is 0 Å². The summed E-state index contributed by atoms with van der Waals surface area (Å²) in [6, 6.07) is 2.78. The highest BCUT2D eigenvalue weighted by molar-refractivity contribution is 5.10. The van der Waals surface area contributed by atoms with Gasteiger partial charge in [-0.05, 0) is 32.4 Å². The molecule has 0 aromatic carbocycles. The van der Waals surface area contributed by atoms with Crippen molar-refractivity contribution in [2.24, 2.45) is 5.92 Å². The molecule has 0 saturated heterocycles. The SMILES string of the molecule is CCNC(Cc1cc(C)nn1CC)C(C)CC. The highest BCUT2D eigenvalue weighted by Crippen LogP contribution is 2.14. The van der Waals surface area contributed by atoms with E-state index in [1.165, 1.54) is 12.1 Å². The largest absolute Gasteiger partial charge is 0.314 e. The minimum atomic E-state index is 0.561. The fourth-order valence-electron chi connectivity index (χ4n) is 2.28. The third-order valence-corrected chi connectivity index (χ3v) is 3.51. The molecule has 1 rings (SSSR count). The Labute approximate surface area is 106 Å². The number of likely N-dealkylation sites (N-methyl/N-ethyl adjacent to an activating group) is 1. The molecule has 98 valence electrons. The van der Waals surface area contributed by atoms with Crippen LogP contribution in [0.4, 0.5) is 0 Å². The van der Waals surface area contributed by atoms with E-state index in [1.54, 1.807) is 0 Å². The molecule has 0 aliphatic rings. The molecule has 2 atom stereocenters. The van der Waals surface area contributed by atoms with Crippen molar-refractivity contribution in [3.63, 3.8) is 0 Å². The Morgan fingerprint density at radius 1 is 1.35 bits per heavy atom. The molecule has 1 N–H and O–H groups in total. The van der Waals surface area contributed by atoms with Gasteiger partial charge in [-0.1, -0.05) is 27.2 Å². The van der Waals surface area contributed by atoms with Gasteiger partial charge in [-0.2, -0.15) is 5.10 Å². The summed E-state index contributed by atoms with van der Waals surface area (Å²) in [5.41, 5.74) is 2.48. The zero-order valence-corrected chi connectivity index (χ0v) is 12.0. The van der Waals surface area contributed by atoms with Crippen molar-refractivity contribution in [2.45, 2.75) is 60.0 Å². The van der Waals surface area contributed by atoms with Gasteiger partial charge in [0.2, 0.25) is 0 Å². The molecule has 0 aliphatic carbocycles. The lowest BCUT2D eigenvalue weighted by molar-refractivity contribution is 0.363. The lowest BCUT2D eigenvalue weighted by Crippen LogP contribution is -2.37. The van der Waals surface area contributed by atoms with Gasteiger partial charge in [0.15, 0.2) is 0 Å². The lowest BCUT2D eigenvalue weighted by atomic mass is 9.95. The third kappa shape index (κ3) is 3.84. The van der Waals surface area contributed by atoms with Crippen LogP contribution < -0.4 is 5.32 Å². The fourth-order valence-corrected chi connectivity index (χ4v) is 2.28. The van der Waals surface area contributed by atoms with E-state index in [0.29, 0.717) is 12.0 Å². The first-order chi connectivity index (χ1) is 8.12. The molecule has 17 heavy (non-hydrogen) atoms. The summed E-state index contributed by atoms with van der Waals surface area (Å²) in [6.07, 6.45) is 2.30. The number of nitrogens with one attached hydrogen (secondary N) is 1. The molecule has 1 aromatic rings. The molecule has 1 aromatic heterocycles. The first kappa shape index (κ1) is 14.2. The standard InChI is InChI=1S/C14H27N3/c1-6-11(4)14(15-7-2)10-13-9-12(5)16-17(13)8-3/h9,11,14-15H,6-8,10H2,1-5H3. The van der Waals surface area contributed by atoms with Crippen molar-refractivity contribution >= 4 is 0 Å². The molecule has 0 saturated carbocycles. The summed E-state index contributed by atoms with van der Waals surface area (Å²) in [5.74, 6) is 0.704. The van der Waals surface area contributed by atoms with Gasteiger partial charge in [-0.3, -0.25) is 4.68 Å². The predicted molar refractivity (Wildman–Crippen MR) is 73.3 cm³/mol. The molecule has 1 heterocycles. The zero-order valence-electron chi connectivity index (χ0n) is 12.0. The molecule has 0 spiro atoms. The first-order valence-electron chi connectivity index (χ1n) is 6.89. The number of hydrogen-bond donors (Lipinski definition) is 1. The van der Waals surface area contributed by atoms with E-state index in [-0.39, 0.29) is 0 Å². The third-order valence-electron chi connectivity index (χ3n) is 3.51. The van der Waals surface area contributed by atoms with Gasteiger partial charge in [0.05, 0.1) is 5.69 Å². The topological polar surface area (TPSA) is 29.9 Å². The van der Waals surface area contributed by atoms with Crippen LogP contribution >= 0.6 is 0 Å². The predicted octanol–water partition coefficient (Wildman–Crippen LogP) is 2.78. The summed E-state index contributed by atoms with van der Waals surface area (Å²) in [7, 11) is 0. The lowest BCUT2D eigenvalue weighted by Gasteiger charge is -2.24. The van der Waals surface area contributed by atoms with Gasteiger partial charge in [0, 0.05) is 24.7 Å². The Hall–Kier alpha value is -0.830. The van der Waals surface area contributed by atoms with Crippen molar-refractivity contribution in [3.05, 3.63) is 17.5 Å². The average molecular weight is 237 g/mol. The van der Waals surface area contributed by atoms with Crippen molar-refractivity contribution in [3.8, 4) is 0 Å². The van der Waals surface area contributed by atoms with Crippen molar-refractivity contribution in [1.29, 1.82) is 0 Å². The average Bonchev–Trinajstić information content (AvgIpc) is 2.68. The molecular formula is C14H27N3. The summed E-state index contributed by atoms with van der Waals surface area (Å²) in [6.45, 7) is 13.0.